The molecular formula is C16H22O. The molecule has 1 rings (SSSR count). The van der Waals surface area contributed by atoms with Gasteiger partial charge in [-0.3, -0.25) is 4.79 Å². The zero-order valence-electron chi connectivity index (χ0n) is 10.8. The molecule has 0 bridgehead atoms. The van der Waals surface area contributed by atoms with Crippen LogP contribution in [0.3, 0.4) is 0 Å². The minimum Gasteiger partial charge on any atom is -0.294 e. The average Bonchev–Trinajstić information content (AvgIpc) is 2.77. The van der Waals surface area contributed by atoms with E-state index in [9.17, 15) is 4.79 Å². The van der Waals surface area contributed by atoms with Gasteiger partial charge in [-0.25, -0.2) is 0 Å². The van der Waals surface area contributed by atoms with Gasteiger partial charge in [-0.2, -0.15) is 0 Å². The maximum absolute atomic E-state index is 11.8. The molecule has 1 aliphatic carbocycles. The van der Waals surface area contributed by atoms with E-state index in [0.717, 1.165) is 36.8 Å². The van der Waals surface area contributed by atoms with E-state index in [4.69, 9.17) is 0 Å². The monoisotopic (exact) mass is 230 g/mol. The van der Waals surface area contributed by atoms with Crippen LogP contribution in [0.1, 0.15) is 58.3 Å². The van der Waals surface area contributed by atoms with Crippen LogP contribution < -0.4 is 0 Å². The van der Waals surface area contributed by atoms with Gasteiger partial charge in [-0.05, 0) is 25.7 Å². The Hall–Kier alpha value is -1.29. The van der Waals surface area contributed by atoms with Crippen LogP contribution in [0, 0.1) is 11.8 Å². The van der Waals surface area contributed by atoms with Crippen LogP contribution >= 0.6 is 0 Å². The number of rotatable bonds is 6. The lowest BCUT2D eigenvalue weighted by atomic mass is 10.0. The zero-order chi connectivity index (χ0) is 12.5. The number of Topliss-reactive ketones (excluding diaryl/α,β-unsaturated/α-hetero) is 1. The highest BCUT2D eigenvalue weighted by Gasteiger charge is 2.18. The Bertz CT molecular complexity index is 363. The van der Waals surface area contributed by atoms with Crippen molar-refractivity contribution in [2.24, 2.45) is 0 Å². The van der Waals surface area contributed by atoms with Crippen molar-refractivity contribution in [1.82, 2.24) is 0 Å². The first-order valence-corrected chi connectivity index (χ1v) is 6.64. The minimum absolute atomic E-state index is 0.218. The molecule has 0 amide bonds. The van der Waals surface area contributed by atoms with Gasteiger partial charge in [0, 0.05) is 24.0 Å². The predicted octanol–water partition coefficient (Wildman–Crippen LogP) is 4.20. The highest BCUT2D eigenvalue weighted by Crippen LogP contribution is 2.27. The van der Waals surface area contributed by atoms with Crippen molar-refractivity contribution in [2.75, 3.05) is 0 Å². The molecule has 0 aromatic heterocycles. The maximum atomic E-state index is 11.8. The van der Waals surface area contributed by atoms with E-state index in [1.165, 1.54) is 19.3 Å². The van der Waals surface area contributed by atoms with Crippen molar-refractivity contribution in [1.29, 1.82) is 0 Å². The molecule has 0 saturated heterocycles. The second-order valence-electron chi connectivity index (χ2n) is 4.49. The first-order valence-electron chi connectivity index (χ1n) is 6.64. The summed E-state index contributed by atoms with van der Waals surface area (Å²) in [6.45, 7) is 5.81. The number of unbranched alkanes of at least 4 members (excludes halogenated alkanes) is 3. The normalized spacial score (nSPS) is 14.4. The molecule has 0 aromatic rings. The topological polar surface area (TPSA) is 17.1 Å². The number of hydrogen-bond donors (Lipinski definition) is 0. The number of hydrogen-bond acceptors (Lipinski definition) is 1. The molecule has 1 aliphatic rings. The molecule has 17 heavy (non-hydrogen) atoms. The third-order valence-corrected chi connectivity index (χ3v) is 3.03. The molecule has 0 aromatic carbocycles. The summed E-state index contributed by atoms with van der Waals surface area (Å²) in [4.78, 5) is 11.8. The van der Waals surface area contributed by atoms with Gasteiger partial charge in [0.05, 0.1) is 0 Å². The van der Waals surface area contributed by atoms with Crippen LogP contribution in [0.4, 0.5) is 0 Å². The standard InChI is InChI=1S/C16H22O/c1-3-5-6-7-8-11-14-12-9-13-15(14)16(17)10-4-2/h4H,2-3,5-7,9-10,12-13H2,1H3. The van der Waals surface area contributed by atoms with Crippen LogP contribution in [0.15, 0.2) is 23.8 Å². The van der Waals surface area contributed by atoms with Gasteiger partial charge in [0.15, 0.2) is 5.78 Å². The number of carbonyl (C=O) groups excluding carboxylic acids is 1. The molecule has 92 valence electrons. The van der Waals surface area contributed by atoms with Crippen LogP contribution in [0.5, 0.6) is 0 Å². The van der Waals surface area contributed by atoms with Crippen molar-refractivity contribution in [3.8, 4) is 11.8 Å². The van der Waals surface area contributed by atoms with E-state index in [2.05, 4.69) is 25.3 Å². The Morgan fingerprint density at radius 3 is 2.94 bits per heavy atom. The van der Waals surface area contributed by atoms with Crippen molar-refractivity contribution in [3.05, 3.63) is 23.8 Å². The second kappa shape index (κ2) is 7.90. The Kier molecular flexibility index (Phi) is 6.40. The van der Waals surface area contributed by atoms with E-state index in [1.807, 2.05) is 0 Å². The van der Waals surface area contributed by atoms with E-state index in [1.54, 1.807) is 6.08 Å². The first kappa shape index (κ1) is 13.8. The number of allylic oxidation sites excluding steroid dienone is 3. The zero-order valence-corrected chi connectivity index (χ0v) is 10.8. The van der Waals surface area contributed by atoms with Gasteiger partial charge in [0.25, 0.3) is 0 Å². The Morgan fingerprint density at radius 2 is 2.24 bits per heavy atom. The lowest BCUT2D eigenvalue weighted by Gasteiger charge is -1.98. The van der Waals surface area contributed by atoms with Crippen LogP contribution in [-0.4, -0.2) is 5.78 Å². The Balaban J connectivity index is 2.56. The third kappa shape index (κ3) is 4.61. The van der Waals surface area contributed by atoms with E-state index in [-0.39, 0.29) is 5.78 Å². The van der Waals surface area contributed by atoms with Crippen LogP contribution in [-0.2, 0) is 4.79 Å². The van der Waals surface area contributed by atoms with Gasteiger partial charge in [-0.1, -0.05) is 37.7 Å². The SMILES string of the molecule is C=CCC(=O)C1=C(C#CCCCCC)CCC1. The van der Waals surface area contributed by atoms with Gasteiger partial charge >= 0.3 is 0 Å². The van der Waals surface area contributed by atoms with Crippen molar-refractivity contribution in [3.63, 3.8) is 0 Å². The summed E-state index contributed by atoms with van der Waals surface area (Å²) in [5.41, 5.74) is 2.06. The fourth-order valence-electron chi connectivity index (χ4n) is 2.08. The molecule has 0 aliphatic heterocycles. The maximum Gasteiger partial charge on any atom is 0.163 e. The summed E-state index contributed by atoms with van der Waals surface area (Å²) >= 11 is 0. The van der Waals surface area contributed by atoms with E-state index < -0.39 is 0 Å². The van der Waals surface area contributed by atoms with E-state index >= 15 is 0 Å². The van der Waals surface area contributed by atoms with Gasteiger partial charge < -0.3 is 0 Å². The molecule has 0 radical (unpaired) electrons. The van der Waals surface area contributed by atoms with Crippen molar-refractivity contribution in [2.45, 2.75) is 58.3 Å². The molecule has 0 spiro atoms. The highest BCUT2D eigenvalue weighted by atomic mass is 16.1. The summed E-state index contributed by atoms with van der Waals surface area (Å²) in [6.07, 6.45) is 9.72. The van der Waals surface area contributed by atoms with Crippen LogP contribution in [0.2, 0.25) is 0 Å². The lowest BCUT2D eigenvalue weighted by molar-refractivity contribution is -0.114. The number of ketones is 1. The minimum atomic E-state index is 0.218. The quantitative estimate of drug-likeness (QED) is 0.380. The molecule has 0 atom stereocenters. The Morgan fingerprint density at radius 1 is 1.41 bits per heavy atom. The van der Waals surface area contributed by atoms with Gasteiger partial charge in [-0.15, -0.1) is 6.58 Å². The molecule has 0 N–H and O–H groups in total. The van der Waals surface area contributed by atoms with Crippen molar-refractivity contribution >= 4 is 5.78 Å². The van der Waals surface area contributed by atoms with Gasteiger partial charge in [0.2, 0.25) is 0 Å². The summed E-state index contributed by atoms with van der Waals surface area (Å²) < 4.78 is 0. The first-order chi connectivity index (χ1) is 8.29. The average molecular weight is 230 g/mol. The summed E-state index contributed by atoms with van der Waals surface area (Å²) in [6, 6.07) is 0. The molecule has 0 unspecified atom stereocenters. The molecule has 0 heterocycles. The molecule has 0 saturated carbocycles. The third-order valence-electron chi connectivity index (χ3n) is 3.03. The lowest BCUT2D eigenvalue weighted by Crippen LogP contribution is -2.00. The van der Waals surface area contributed by atoms with Crippen molar-refractivity contribution < 1.29 is 4.79 Å². The largest absolute Gasteiger partial charge is 0.294 e. The van der Waals surface area contributed by atoms with E-state index in [0.29, 0.717) is 6.42 Å². The summed E-state index contributed by atoms with van der Waals surface area (Å²) in [7, 11) is 0. The fraction of sp³-hybridized carbons (Fsp3) is 0.562. The summed E-state index contributed by atoms with van der Waals surface area (Å²) in [5, 5.41) is 0. The predicted molar refractivity (Wildman–Crippen MR) is 72.6 cm³/mol. The Labute approximate surface area is 105 Å². The number of carbonyl (C=O) groups is 1. The molecule has 1 nitrogen and oxygen atoms in total. The molecular weight excluding hydrogens is 208 g/mol. The van der Waals surface area contributed by atoms with Gasteiger partial charge in [0.1, 0.15) is 0 Å². The highest BCUT2D eigenvalue weighted by molar-refractivity contribution is 5.98. The fourth-order valence-corrected chi connectivity index (χ4v) is 2.08. The molecule has 1 heteroatoms. The smallest absolute Gasteiger partial charge is 0.163 e. The molecule has 0 fully saturated rings. The summed E-state index contributed by atoms with van der Waals surface area (Å²) in [5.74, 6) is 6.63. The second-order valence-corrected chi connectivity index (χ2v) is 4.49. The van der Waals surface area contributed by atoms with Crippen LogP contribution in [0.25, 0.3) is 0 Å².